The van der Waals surface area contributed by atoms with E-state index in [1.54, 1.807) is 30.4 Å². The Morgan fingerprint density at radius 1 is 1.62 bits per heavy atom. The molecule has 0 saturated carbocycles. The van der Waals surface area contributed by atoms with Gasteiger partial charge in [0.15, 0.2) is 5.78 Å². The summed E-state index contributed by atoms with van der Waals surface area (Å²) < 4.78 is 0. The molecule has 1 rings (SSSR count). The number of carbonyl (C=O) groups is 1. The van der Waals surface area contributed by atoms with E-state index in [0.717, 1.165) is 0 Å². The van der Waals surface area contributed by atoms with Crippen LogP contribution in [0, 0.1) is 0 Å². The predicted molar refractivity (Wildman–Crippen MR) is 50.4 cm³/mol. The minimum Gasteiger partial charge on any atom is -0.392 e. The number of ketones is 1. The summed E-state index contributed by atoms with van der Waals surface area (Å²) in [6.07, 6.45) is 3.25. The summed E-state index contributed by atoms with van der Waals surface area (Å²) in [5.41, 5.74) is 1.13. The first-order valence-corrected chi connectivity index (χ1v) is 3.99. The number of Topliss-reactive ketones (excluding diaryl/α,β-unsaturated/α-hetero) is 1. The highest BCUT2D eigenvalue weighted by atomic mass is 16.2. The van der Waals surface area contributed by atoms with Crippen molar-refractivity contribution < 1.29 is 9.90 Å². The van der Waals surface area contributed by atoms with Crippen molar-refractivity contribution in [3.05, 3.63) is 35.7 Å². The van der Waals surface area contributed by atoms with Gasteiger partial charge in [-0.2, -0.15) is 0 Å². The third-order valence-corrected chi connectivity index (χ3v) is 1.53. The van der Waals surface area contributed by atoms with Gasteiger partial charge in [-0.05, 0) is 18.2 Å². The summed E-state index contributed by atoms with van der Waals surface area (Å²) in [7, 11) is 0. The average Bonchev–Trinajstić information content (AvgIpc) is 2.15. The Hall–Kier alpha value is -1.48. The summed E-state index contributed by atoms with van der Waals surface area (Å²) in [5, 5.41) is 8.52. The van der Waals surface area contributed by atoms with Crippen LogP contribution in [0.5, 0.6) is 0 Å². The van der Waals surface area contributed by atoms with Gasteiger partial charge in [0.05, 0.1) is 12.3 Å². The lowest BCUT2D eigenvalue weighted by atomic mass is 10.2. The van der Waals surface area contributed by atoms with Gasteiger partial charge in [-0.1, -0.05) is 12.1 Å². The van der Waals surface area contributed by atoms with Gasteiger partial charge >= 0.3 is 0 Å². The first kappa shape index (κ1) is 9.61. The molecule has 1 heterocycles. The second kappa shape index (κ2) is 4.52. The van der Waals surface area contributed by atoms with E-state index in [1.165, 1.54) is 6.92 Å². The number of rotatable bonds is 3. The van der Waals surface area contributed by atoms with Gasteiger partial charge in [-0.3, -0.25) is 4.79 Å². The van der Waals surface area contributed by atoms with Crippen LogP contribution in [0.4, 0.5) is 0 Å². The Bertz CT molecular complexity index is 331. The fourth-order valence-electron chi connectivity index (χ4n) is 0.914. The topological polar surface area (TPSA) is 50.2 Å². The zero-order chi connectivity index (χ0) is 9.68. The maximum absolute atomic E-state index is 10.9. The number of hydrogen-bond acceptors (Lipinski definition) is 3. The van der Waals surface area contributed by atoms with Gasteiger partial charge < -0.3 is 5.11 Å². The van der Waals surface area contributed by atoms with Crippen LogP contribution in [0.1, 0.15) is 23.1 Å². The third-order valence-electron chi connectivity index (χ3n) is 1.53. The van der Waals surface area contributed by atoms with Crippen molar-refractivity contribution in [2.24, 2.45) is 0 Å². The van der Waals surface area contributed by atoms with Crippen LogP contribution >= 0.6 is 0 Å². The quantitative estimate of drug-likeness (QED) is 0.708. The summed E-state index contributed by atoms with van der Waals surface area (Å²) in [4.78, 5) is 15.0. The summed E-state index contributed by atoms with van der Waals surface area (Å²) in [6.45, 7) is 1.45. The van der Waals surface area contributed by atoms with Crippen molar-refractivity contribution in [1.29, 1.82) is 0 Å². The van der Waals surface area contributed by atoms with Crippen molar-refractivity contribution in [1.82, 2.24) is 4.98 Å². The first-order valence-electron chi connectivity index (χ1n) is 3.99. The van der Waals surface area contributed by atoms with Crippen molar-refractivity contribution in [2.75, 3.05) is 6.61 Å². The molecule has 0 spiro atoms. The molecule has 0 unspecified atom stereocenters. The molecule has 0 bridgehead atoms. The van der Waals surface area contributed by atoms with Crippen molar-refractivity contribution in [3.63, 3.8) is 0 Å². The molecule has 0 aliphatic rings. The van der Waals surface area contributed by atoms with Gasteiger partial charge in [-0.25, -0.2) is 4.98 Å². The minimum atomic E-state index is -0.0563. The van der Waals surface area contributed by atoms with Crippen molar-refractivity contribution in [2.45, 2.75) is 6.92 Å². The summed E-state index contributed by atoms with van der Waals surface area (Å²) in [5.74, 6) is -0.0563. The van der Waals surface area contributed by atoms with E-state index in [-0.39, 0.29) is 12.4 Å². The molecule has 68 valence electrons. The lowest BCUT2D eigenvalue weighted by Gasteiger charge is -1.95. The highest BCUT2D eigenvalue weighted by Gasteiger charge is 1.99. The molecule has 0 radical (unpaired) electrons. The van der Waals surface area contributed by atoms with Crippen LogP contribution in [-0.4, -0.2) is 22.5 Å². The Kier molecular flexibility index (Phi) is 3.34. The van der Waals surface area contributed by atoms with Gasteiger partial charge in [0, 0.05) is 6.92 Å². The van der Waals surface area contributed by atoms with Crippen molar-refractivity contribution >= 4 is 11.9 Å². The van der Waals surface area contributed by atoms with Gasteiger partial charge in [0.2, 0.25) is 0 Å². The molecule has 0 aliphatic heterocycles. The largest absolute Gasteiger partial charge is 0.392 e. The van der Waals surface area contributed by atoms with E-state index in [1.807, 2.05) is 0 Å². The van der Waals surface area contributed by atoms with E-state index < -0.39 is 0 Å². The Labute approximate surface area is 76.7 Å². The van der Waals surface area contributed by atoms with E-state index in [4.69, 9.17) is 5.11 Å². The average molecular weight is 177 g/mol. The SMILES string of the molecule is CC(=O)c1cccc(C=CCO)n1. The van der Waals surface area contributed by atoms with E-state index in [2.05, 4.69) is 4.98 Å². The van der Waals surface area contributed by atoms with Crippen LogP contribution in [-0.2, 0) is 0 Å². The lowest BCUT2D eigenvalue weighted by molar-refractivity contribution is 0.101. The molecule has 0 fully saturated rings. The Balaban J connectivity index is 2.92. The second-order valence-electron chi connectivity index (χ2n) is 2.59. The molecule has 1 aromatic heterocycles. The first-order chi connectivity index (χ1) is 6.24. The summed E-state index contributed by atoms with van der Waals surface area (Å²) in [6, 6.07) is 5.21. The lowest BCUT2D eigenvalue weighted by Crippen LogP contribution is -1.96. The molecule has 13 heavy (non-hydrogen) atoms. The highest BCUT2D eigenvalue weighted by molar-refractivity contribution is 5.92. The van der Waals surface area contributed by atoms with Crippen LogP contribution in [0.25, 0.3) is 6.08 Å². The van der Waals surface area contributed by atoms with Gasteiger partial charge in [0.25, 0.3) is 0 Å². The molecule has 1 aromatic rings. The maximum atomic E-state index is 10.9. The number of hydrogen-bond donors (Lipinski definition) is 1. The second-order valence-corrected chi connectivity index (χ2v) is 2.59. The molecule has 0 atom stereocenters. The molecule has 0 aliphatic carbocycles. The number of aliphatic hydroxyl groups is 1. The zero-order valence-electron chi connectivity index (χ0n) is 7.40. The smallest absolute Gasteiger partial charge is 0.178 e. The fourth-order valence-corrected chi connectivity index (χ4v) is 0.914. The number of carbonyl (C=O) groups excluding carboxylic acids is 1. The number of aromatic nitrogens is 1. The molecular formula is C10H11NO2. The monoisotopic (exact) mass is 177 g/mol. The summed E-state index contributed by atoms with van der Waals surface area (Å²) >= 11 is 0. The number of nitrogens with zero attached hydrogens (tertiary/aromatic N) is 1. The number of aliphatic hydroxyl groups excluding tert-OH is 1. The maximum Gasteiger partial charge on any atom is 0.178 e. The number of pyridine rings is 1. The standard InChI is InChI=1S/C10H11NO2/c1-8(13)10-6-2-4-9(11-10)5-3-7-12/h2-6,12H,7H2,1H3. The zero-order valence-corrected chi connectivity index (χ0v) is 7.40. The normalized spacial score (nSPS) is 10.6. The van der Waals surface area contributed by atoms with Crippen LogP contribution in [0.15, 0.2) is 24.3 Å². The van der Waals surface area contributed by atoms with Gasteiger partial charge in [-0.15, -0.1) is 0 Å². The minimum absolute atomic E-state index is 0.0218. The van der Waals surface area contributed by atoms with Crippen molar-refractivity contribution in [3.8, 4) is 0 Å². The molecule has 0 aromatic carbocycles. The van der Waals surface area contributed by atoms with Gasteiger partial charge in [0.1, 0.15) is 5.69 Å². The molecule has 3 nitrogen and oxygen atoms in total. The Morgan fingerprint density at radius 2 is 2.38 bits per heavy atom. The van der Waals surface area contributed by atoms with Crippen LogP contribution in [0.3, 0.4) is 0 Å². The van der Waals surface area contributed by atoms with E-state index >= 15 is 0 Å². The molecular weight excluding hydrogens is 166 g/mol. The highest BCUT2D eigenvalue weighted by Crippen LogP contribution is 2.01. The fraction of sp³-hybridized carbons (Fsp3) is 0.200. The Morgan fingerprint density at radius 3 is 3.00 bits per heavy atom. The molecule has 0 amide bonds. The molecule has 0 saturated heterocycles. The van der Waals surface area contributed by atoms with Crippen LogP contribution < -0.4 is 0 Å². The third kappa shape index (κ3) is 2.80. The predicted octanol–water partition coefficient (Wildman–Crippen LogP) is 1.29. The van der Waals surface area contributed by atoms with E-state index in [0.29, 0.717) is 11.4 Å². The molecule has 1 N–H and O–H groups in total. The molecule has 3 heteroatoms. The van der Waals surface area contributed by atoms with E-state index in [9.17, 15) is 4.79 Å². The van der Waals surface area contributed by atoms with Crippen LogP contribution in [0.2, 0.25) is 0 Å².